The molecule has 1 rings (SSSR count). The van der Waals surface area contributed by atoms with Crippen LogP contribution in [0.2, 0.25) is 0 Å². The second-order valence-corrected chi connectivity index (χ2v) is 3.40. The zero-order valence-corrected chi connectivity index (χ0v) is 10.0. The minimum atomic E-state index is -0.0810. The molecular weight excluding hydrogens is 220 g/mol. The van der Waals surface area contributed by atoms with Gasteiger partial charge in [-0.05, 0) is 31.2 Å². The summed E-state index contributed by atoms with van der Waals surface area (Å²) in [4.78, 5) is 21.8. The highest BCUT2D eigenvalue weighted by atomic mass is 16.5. The first-order valence-corrected chi connectivity index (χ1v) is 5.02. The Morgan fingerprint density at radius 2 is 1.82 bits per heavy atom. The lowest BCUT2D eigenvalue weighted by Crippen LogP contribution is -1.96. The van der Waals surface area contributed by atoms with E-state index in [1.54, 1.807) is 18.2 Å². The van der Waals surface area contributed by atoms with Crippen molar-refractivity contribution in [3.63, 3.8) is 0 Å². The summed E-state index contributed by atoms with van der Waals surface area (Å²) in [6, 6.07) is 3.28. The molecule has 0 bridgehead atoms. The number of allylic oxidation sites excluding steroid dienone is 1. The van der Waals surface area contributed by atoms with Crippen molar-refractivity contribution in [2.45, 2.75) is 6.92 Å². The molecule has 0 spiro atoms. The van der Waals surface area contributed by atoms with Gasteiger partial charge in [-0.15, -0.1) is 0 Å². The number of ether oxygens (including phenoxy) is 2. The van der Waals surface area contributed by atoms with Gasteiger partial charge in [0.1, 0.15) is 11.5 Å². The highest BCUT2D eigenvalue weighted by Crippen LogP contribution is 2.29. The molecule has 0 aliphatic carbocycles. The van der Waals surface area contributed by atoms with E-state index < -0.39 is 0 Å². The van der Waals surface area contributed by atoms with Crippen LogP contribution in [0.5, 0.6) is 11.5 Å². The van der Waals surface area contributed by atoms with Crippen LogP contribution in [-0.4, -0.2) is 26.3 Å². The van der Waals surface area contributed by atoms with Crippen molar-refractivity contribution in [1.29, 1.82) is 0 Å². The van der Waals surface area contributed by atoms with Crippen LogP contribution in [0.4, 0.5) is 0 Å². The predicted molar refractivity (Wildman–Crippen MR) is 64.6 cm³/mol. The Morgan fingerprint density at radius 3 is 2.29 bits per heavy atom. The second-order valence-electron chi connectivity index (χ2n) is 3.40. The number of aldehydes is 1. The SMILES string of the molecule is COc1cc(C=O)c(OC)c(C=CC(C)=O)c1. The summed E-state index contributed by atoms with van der Waals surface area (Å²) in [6.45, 7) is 1.45. The average Bonchev–Trinajstić information content (AvgIpc) is 2.34. The van der Waals surface area contributed by atoms with E-state index in [2.05, 4.69) is 0 Å². The molecule has 0 radical (unpaired) electrons. The number of carbonyl (C=O) groups is 2. The lowest BCUT2D eigenvalue weighted by atomic mass is 10.1. The maximum atomic E-state index is 10.9. The number of ketones is 1. The molecule has 0 N–H and O–H groups in total. The maximum Gasteiger partial charge on any atom is 0.153 e. The molecule has 0 heterocycles. The maximum absolute atomic E-state index is 10.9. The van der Waals surface area contributed by atoms with Crippen LogP contribution in [0.15, 0.2) is 18.2 Å². The molecule has 90 valence electrons. The number of rotatable bonds is 5. The Labute approximate surface area is 99.8 Å². The fraction of sp³-hybridized carbons (Fsp3) is 0.231. The molecule has 1 aromatic carbocycles. The molecule has 0 aromatic heterocycles. The number of hydrogen-bond acceptors (Lipinski definition) is 4. The van der Waals surface area contributed by atoms with Crippen molar-refractivity contribution in [2.75, 3.05) is 14.2 Å². The summed E-state index contributed by atoms with van der Waals surface area (Å²) < 4.78 is 10.2. The molecule has 0 fully saturated rings. The number of carbonyl (C=O) groups excluding carboxylic acids is 2. The summed E-state index contributed by atoms with van der Waals surface area (Å²) in [5.74, 6) is 0.886. The topological polar surface area (TPSA) is 52.6 Å². The standard InChI is InChI=1S/C13H14O4/c1-9(15)4-5-10-6-12(16-2)7-11(8-14)13(10)17-3/h4-8H,1-3H3. The molecular formula is C13H14O4. The predicted octanol–water partition coefficient (Wildman–Crippen LogP) is 2.12. The van der Waals surface area contributed by atoms with E-state index in [-0.39, 0.29) is 5.78 Å². The third-order valence-corrected chi connectivity index (χ3v) is 2.18. The van der Waals surface area contributed by atoms with Gasteiger partial charge in [-0.25, -0.2) is 0 Å². The molecule has 4 nitrogen and oxygen atoms in total. The van der Waals surface area contributed by atoms with Crippen LogP contribution >= 0.6 is 0 Å². The number of benzene rings is 1. The Hall–Kier alpha value is -2.10. The van der Waals surface area contributed by atoms with Crippen LogP contribution < -0.4 is 9.47 Å². The fourth-order valence-corrected chi connectivity index (χ4v) is 1.42. The first kappa shape index (κ1) is 13.0. The van der Waals surface area contributed by atoms with Crippen LogP contribution in [0, 0.1) is 0 Å². The minimum absolute atomic E-state index is 0.0810. The molecule has 0 saturated carbocycles. The monoisotopic (exact) mass is 234 g/mol. The first-order chi connectivity index (χ1) is 8.12. The van der Waals surface area contributed by atoms with Crippen LogP contribution in [0.1, 0.15) is 22.8 Å². The molecule has 1 aromatic rings. The van der Waals surface area contributed by atoms with Gasteiger partial charge < -0.3 is 9.47 Å². The largest absolute Gasteiger partial charge is 0.497 e. The van der Waals surface area contributed by atoms with Gasteiger partial charge in [-0.1, -0.05) is 0 Å². The van der Waals surface area contributed by atoms with Gasteiger partial charge in [0.25, 0.3) is 0 Å². The van der Waals surface area contributed by atoms with Crippen molar-refractivity contribution in [1.82, 2.24) is 0 Å². The Bertz CT molecular complexity index is 461. The molecule has 0 aliphatic heterocycles. The fourth-order valence-electron chi connectivity index (χ4n) is 1.42. The third-order valence-electron chi connectivity index (χ3n) is 2.18. The molecule has 0 saturated heterocycles. The van der Waals surface area contributed by atoms with Gasteiger partial charge in [-0.3, -0.25) is 9.59 Å². The van der Waals surface area contributed by atoms with E-state index in [1.165, 1.54) is 27.2 Å². The van der Waals surface area contributed by atoms with Gasteiger partial charge in [0.2, 0.25) is 0 Å². The lowest BCUT2D eigenvalue weighted by molar-refractivity contribution is -0.112. The van der Waals surface area contributed by atoms with Crippen LogP contribution in [-0.2, 0) is 4.79 Å². The van der Waals surface area contributed by atoms with Crippen molar-refractivity contribution < 1.29 is 19.1 Å². The van der Waals surface area contributed by atoms with E-state index in [0.29, 0.717) is 28.9 Å². The number of hydrogen-bond donors (Lipinski definition) is 0. The van der Waals surface area contributed by atoms with Crippen molar-refractivity contribution in [2.24, 2.45) is 0 Å². The van der Waals surface area contributed by atoms with Crippen LogP contribution in [0.25, 0.3) is 6.08 Å². The summed E-state index contributed by atoms with van der Waals surface area (Å²) >= 11 is 0. The molecule has 0 amide bonds. The molecule has 4 heteroatoms. The van der Waals surface area contributed by atoms with Crippen LogP contribution in [0.3, 0.4) is 0 Å². The van der Waals surface area contributed by atoms with E-state index in [4.69, 9.17) is 9.47 Å². The Balaban J connectivity index is 3.33. The zero-order valence-electron chi connectivity index (χ0n) is 10.0. The summed E-state index contributed by atoms with van der Waals surface area (Å²) in [5.41, 5.74) is 1.01. The highest BCUT2D eigenvalue weighted by molar-refractivity contribution is 5.93. The average molecular weight is 234 g/mol. The molecule has 17 heavy (non-hydrogen) atoms. The third kappa shape index (κ3) is 3.17. The van der Waals surface area contributed by atoms with E-state index >= 15 is 0 Å². The van der Waals surface area contributed by atoms with Gasteiger partial charge in [0, 0.05) is 5.56 Å². The molecule has 0 unspecified atom stereocenters. The number of methoxy groups -OCH3 is 2. The van der Waals surface area contributed by atoms with Crippen molar-refractivity contribution in [3.05, 3.63) is 29.3 Å². The van der Waals surface area contributed by atoms with E-state index in [9.17, 15) is 9.59 Å². The lowest BCUT2D eigenvalue weighted by Gasteiger charge is -2.10. The Morgan fingerprint density at radius 1 is 1.18 bits per heavy atom. The normalized spacial score (nSPS) is 10.3. The quantitative estimate of drug-likeness (QED) is 0.578. The van der Waals surface area contributed by atoms with Gasteiger partial charge in [0.15, 0.2) is 12.1 Å². The summed E-state index contributed by atoms with van der Waals surface area (Å²) in [7, 11) is 2.98. The second kappa shape index (κ2) is 5.84. The van der Waals surface area contributed by atoms with E-state index in [0.717, 1.165) is 0 Å². The van der Waals surface area contributed by atoms with Gasteiger partial charge in [0.05, 0.1) is 19.8 Å². The minimum Gasteiger partial charge on any atom is -0.497 e. The summed E-state index contributed by atoms with van der Waals surface area (Å²) in [6.07, 6.45) is 3.69. The molecule has 0 atom stereocenters. The highest BCUT2D eigenvalue weighted by Gasteiger charge is 2.09. The van der Waals surface area contributed by atoms with Gasteiger partial charge >= 0.3 is 0 Å². The van der Waals surface area contributed by atoms with Gasteiger partial charge in [-0.2, -0.15) is 0 Å². The zero-order chi connectivity index (χ0) is 12.8. The molecule has 0 aliphatic rings. The summed E-state index contributed by atoms with van der Waals surface area (Å²) in [5, 5.41) is 0. The first-order valence-electron chi connectivity index (χ1n) is 5.02. The van der Waals surface area contributed by atoms with E-state index in [1.807, 2.05) is 0 Å². The smallest absolute Gasteiger partial charge is 0.153 e. The van der Waals surface area contributed by atoms with Crippen molar-refractivity contribution in [3.8, 4) is 11.5 Å². The van der Waals surface area contributed by atoms with Crippen molar-refractivity contribution >= 4 is 18.1 Å². The Kier molecular flexibility index (Phi) is 4.46.